The number of hydrogen-bond donors (Lipinski definition) is 2. The molecule has 0 saturated carbocycles. The number of allylic oxidation sites excluding steroid dienone is 2. The summed E-state index contributed by atoms with van der Waals surface area (Å²) in [6.07, 6.45) is 8.31. The van der Waals surface area contributed by atoms with Crippen molar-refractivity contribution in [2.75, 3.05) is 6.54 Å². The monoisotopic (exact) mass is 197 g/mol. The highest BCUT2D eigenvalue weighted by atomic mass is 16.3. The molecule has 3 N–H and O–H groups in total. The van der Waals surface area contributed by atoms with Gasteiger partial charge in [0.1, 0.15) is 0 Å². The molecule has 0 heterocycles. The standard InChI is InChI=1S/C12H23NO/c1-3-12(2,9-13)11(14)10-7-5-4-6-8-10/h4-5,10-11,14H,3,6-9,13H2,1-2H3. The van der Waals surface area contributed by atoms with Crippen molar-refractivity contribution >= 4 is 0 Å². The average Bonchev–Trinajstić information content (AvgIpc) is 2.28. The van der Waals surface area contributed by atoms with Gasteiger partial charge in [0.15, 0.2) is 0 Å². The smallest absolute Gasteiger partial charge is 0.0636 e. The zero-order valence-electron chi connectivity index (χ0n) is 9.37. The second kappa shape index (κ2) is 4.94. The van der Waals surface area contributed by atoms with Gasteiger partial charge in [-0.15, -0.1) is 0 Å². The van der Waals surface area contributed by atoms with Crippen LogP contribution in [0.15, 0.2) is 12.2 Å². The number of aliphatic hydroxyl groups excluding tert-OH is 1. The molecule has 0 aromatic heterocycles. The third kappa shape index (κ3) is 2.37. The fourth-order valence-electron chi connectivity index (χ4n) is 2.15. The molecule has 3 atom stereocenters. The highest BCUT2D eigenvalue weighted by Gasteiger charge is 2.35. The first kappa shape index (κ1) is 11.7. The lowest BCUT2D eigenvalue weighted by Gasteiger charge is -2.38. The topological polar surface area (TPSA) is 46.2 Å². The Morgan fingerprint density at radius 2 is 2.29 bits per heavy atom. The van der Waals surface area contributed by atoms with Crippen LogP contribution in [0.25, 0.3) is 0 Å². The Morgan fingerprint density at radius 3 is 2.71 bits per heavy atom. The fraction of sp³-hybridized carbons (Fsp3) is 0.833. The maximum Gasteiger partial charge on any atom is 0.0636 e. The lowest BCUT2D eigenvalue weighted by atomic mass is 9.73. The van der Waals surface area contributed by atoms with Crippen molar-refractivity contribution in [1.82, 2.24) is 0 Å². The number of aliphatic hydroxyl groups is 1. The van der Waals surface area contributed by atoms with Crippen LogP contribution in [0.4, 0.5) is 0 Å². The van der Waals surface area contributed by atoms with Crippen LogP contribution in [0.2, 0.25) is 0 Å². The fourth-order valence-corrected chi connectivity index (χ4v) is 2.15. The van der Waals surface area contributed by atoms with Gasteiger partial charge in [-0.25, -0.2) is 0 Å². The molecule has 2 nitrogen and oxygen atoms in total. The maximum absolute atomic E-state index is 10.3. The predicted octanol–water partition coefficient (Wildman–Crippen LogP) is 2.08. The van der Waals surface area contributed by atoms with Gasteiger partial charge in [0.05, 0.1) is 6.10 Å². The Kier molecular flexibility index (Phi) is 4.14. The van der Waals surface area contributed by atoms with Crippen molar-refractivity contribution in [2.45, 2.75) is 45.6 Å². The molecule has 3 unspecified atom stereocenters. The van der Waals surface area contributed by atoms with Crippen molar-refractivity contribution in [1.29, 1.82) is 0 Å². The molecule has 2 heteroatoms. The summed E-state index contributed by atoms with van der Waals surface area (Å²) in [6, 6.07) is 0. The van der Waals surface area contributed by atoms with E-state index in [1.54, 1.807) is 0 Å². The normalized spacial score (nSPS) is 28.4. The predicted molar refractivity (Wildman–Crippen MR) is 59.9 cm³/mol. The molecule has 1 aliphatic rings. The lowest BCUT2D eigenvalue weighted by molar-refractivity contribution is -0.00966. The first-order valence-electron chi connectivity index (χ1n) is 5.67. The van der Waals surface area contributed by atoms with Crippen LogP contribution in [0, 0.1) is 11.3 Å². The van der Waals surface area contributed by atoms with Crippen LogP contribution < -0.4 is 5.73 Å². The molecule has 0 radical (unpaired) electrons. The molecule has 0 aromatic rings. The zero-order chi connectivity index (χ0) is 10.6. The summed E-state index contributed by atoms with van der Waals surface area (Å²) in [5, 5.41) is 10.3. The molecule has 0 aliphatic heterocycles. The van der Waals surface area contributed by atoms with E-state index in [0.717, 1.165) is 25.7 Å². The van der Waals surface area contributed by atoms with E-state index in [2.05, 4.69) is 26.0 Å². The van der Waals surface area contributed by atoms with E-state index in [9.17, 15) is 5.11 Å². The van der Waals surface area contributed by atoms with E-state index >= 15 is 0 Å². The first-order chi connectivity index (χ1) is 6.64. The van der Waals surface area contributed by atoms with E-state index < -0.39 is 0 Å². The molecule has 82 valence electrons. The van der Waals surface area contributed by atoms with Crippen LogP contribution in [0.3, 0.4) is 0 Å². The molecular weight excluding hydrogens is 174 g/mol. The Hall–Kier alpha value is -0.340. The molecule has 0 saturated heterocycles. The van der Waals surface area contributed by atoms with Gasteiger partial charge in [-0.1, -0.05) is 26.0 Å². The van der Waals surface area contributed by atoms with Crippen LogP contribution >= 0.6 is 0 Å². The second-order valence-electron chi connectivity index (χ2n) is 4.70. The zero-order valence-corrected chi connectivity index (χ0v) is 9.37. The Bertz CT molecular complexity index is 196. The van der Waals surface area contributed by atoms with Crippen LogP contribution in [-0.2, 0) is 0 Å². The summed E-state index contributed by atoms with van der Waals surface area (Å²) in [4.78, 5) is 0. The van der Waals surface area contributed by atoms with Gasteiger partial charge in [0.2, 0.25) is 0 Å². The van der Waals surface area contributed by atoms with Gasteiger partial charge in [-0.05, 0) is 31.6 Å². The number of nitrogens with two attached hydrogens (primary N) is 1. The SMILES string of the molecule is CCC(C)(CN)C(O)C1CC=CCC1. The van der Waals surface area contributed by atoms with Crippen molar-refractivity contribution in [2.24, 2.45) is 17.1 Å². The molecule has 1 aliphatic carbocycles. The average molecular weight is 197 g/mol. The van der Waals surface area contributed by atoms with E-state index in [-0.39, 0.29) is 11.5 Å². The molecular formula is C12H23NO. The summed E-state index contributed by atoms with van der Waals surface area (Å²) in [7, 11) is 0. The maximum atomic E-state index is 10.3. The van der Waals surface area contributed by atoms with Gasteiger partial charge in [0.25, 0.3) is 0 Å². The Morgan fingerprint density at radius 1 is 1.57 bits per heavy atom. The number of rotatable bonds is 4. The molecule has 0 fully saturated rings. The van der Waals surface area contributed by atoms with Crippen LogP contribution in [0.1, 0.15) is 39.5 Å². The minimum atomic E-state index is -0.248. The first-order valence-corrected chi connectivity index (χ1v) is 5.67. The molecule has 0 spiro atoms. The van der Waals surface area contributed by atoms with Crippen LogP contribution in [-0.4, -0.2) is 17.8 Å². The molecule has 1 rings (SSSR count). The van der Waals surface area contributed by atoms with Gasteiger partial charge < -0.3 is 10.8 Å². The quantitative estimate of drug-likeness (QED) is 0.678. The van der Waals surface area contributed by atoms with E-state index in [1.807, 2.05) is 0 Å². The third-order valence-electron chi connectivity index (χ3n) is 3.74. The Balaban J connectivity index is 2.62. The molecule has 0 amide bonds. The minimum Gasteiger partial charge on any atom is -0.392 e. The largest absolute Gasteiger partial charge is 0.392 e. The van der Waals surface area contributed by atoms with Crippen molar-refractivity contribution in [3.05, 3.63) is 12.2 Å². The highest BCUT2D eigenvalue weighted by Crippen LogP contribution is 2.34. The van der Waals surface area contributed by atoms with Crippen molar-refractivity contribution in [3.8, 4) is 0 Å². The summed E-state index contributed by atoms with van der Waals surface area (Å²) in [5.41, 5.74) is 5.65. The minimum absolute atomic E-state index is 0.101. The van der Waals surface area contributed by atoms with Crippen LogP contribution in [0.5, 0.6) is 0 Å². The van der Waals surface area contributed by atoms with E-state index in [1.165, 1.54) is 0 Å². The summed E-state index contributed by atoms with van der Waals surface area (Å²) in [5.74, 6) is 0.411. The summed E-state index contributed by atoms with van der Waals surface area (Å²) >= 11 is 0. The Labute approximate surface area is 87.2 Å². The lowest BCUT2D eigenvalue weighted by Crippen LogP contribution is -2.43. The third-order valence-corrected chi connectivity index (χ3v) is 3.74. The molecule has 14 heavy (non-hydrogen) atoms. The second-order valence-corrected chi connectivity index (χ2v) is 4.70. The van der Waals surface area contributed by atoms with E-state index in [4.69, 9.17) is 5.73 Å². The molecule has 0 bridgehead atoms. The van der Waals surface area contributed by atoms with Crippen molar-refractivity contribution < 1.29 is 5.11 Å². The van der Waals surface area contributed by atoms with Gasteiger partial charge >= 0.3 is 0 Å². The summed E-state index contributed by atoms with van der Waals surface area (Å²) < 4.78 is 0. The van der Waals surface area contributed by atoms with Gasteiger partial charge in [-0.3, -0.25) is 0 Å². The van der Waals surface area contributed by atoms with E-state index in [0.29, 0.717) is 12.5 Å². The van der Waals surface area contributed by atoms with Gasteiger partial charge in [0, 0.05) is 12.0 Å². The highest BCUT2D eigenvalue weighted by molar-refractivity contribution is 4.96. The van der Waals surface area contributed by atoms with Gasteiger partial charge in [-0.2, -0.15) is 0 Å². The number of hydrogen-bond acceptors (Lipinski definition) is 2. The summed E-state index contributed by atoms with van der Waals surface area (Å²) in [6.45, 7) is 4.77. The van der Waals surface area contributed by atoms with Crippen molar-refractivity contribution in [3.63, 3.8) is 0 Å². The molecule has 0 aromatic carbocycles.